The zero-order valence-corrected chi connectivity index (χ0v) is 6.45. The molecule has 0 amide bonds. The first-order valence-electron chi connectivity index (χ1n) is 3.44. The fourth-order valence-electron chi connectivity index (χ4n) is 0.619. The fourth-order valence-corrected chi connectivity index (χ4v) is 0.619. The zero-order chi connectivity index (χ0) is 8.10. The van der Waals surface area contributed by atoms with Gasteiger partial charge in [-0.25, -0.2) is 4.98 Å². The van der Waals surface area contributed by atoms with Crippen molar-refractivity contribution in [2.24, 2.45) is 5.73 Å². The Hall–Kier alpha value is -1.16. The third-order valence-corrected chi connectivity index (χ3v) is 1.13. The monoisotopic (exact) mass is 153 g/mol. The van der Waals surface area contributed by atoms with Crippen molar-refractivity contribution in [2.45, 2.75) is 6.92 Å². The van der Waals surface area contributed by atoms with E-state index in [0.717, 1.165) is 5.69 Å². The molecule has 4 nitrogen and oxygen atoms in total. The second kappa shape index (κ2) is 3.88. The number of hydrogen-bond donors (Lipinski definition) is 1. The Morgan fingerprint density at radius 3 is 2.82 bits per heavy atom. The number of rotatable bonds is 3. The maximum atomic E-state index is 5.23. The summed E-state index contributed by atoms with van der Waals surface area (Å²) in [6.45, 7) is 2.85. The molecule has 1 heterocycles. The predicted octanol–water partition coefficient (Wildman–Crippen LogP) is 0.123. The SMILES string of the molecule is Cc1cnc(OCCN)cn1. The summed E-state index contributed by atoms with van der Waals surface area (Å²) in [6, 6.07) is 0. The Bertz CT molecular complexity index is 209. The topological polar surface area (TPSA) is 61.0 Å². The van der Waals surface area contributed by atoms with Crippen molar-refractivity contribution in [2.75, 3.05) is 13.2 Å². The van der Waals surface area contributed by atoms with Gasteiger partial charge in [0.15, 0.2) is 0 Å². The van der Waals surface area contributed by atoms with Crippen LogP contribution in [0.5, 0.6) is 5.88 Å². The molecule has 0 aromatic carbocycles. The largest absolute Gasteiger partial charge is 0.475 e. The van der Waals surface area contributed by atoms with Crippen molar-refractivity contribution in [1.82, 2.24) is 9.97 Å². The Kier molecular flexibility index (Phi) is 2.80. The smallest absolute Gasteiger partial charge is 0.232 e. The van der Waals surface area contributed by atoms with Gasteiger partial charge in [-0.3, -0.25) is 4.98 Å². The maximum absolute atomic E-state index is 5.23. The second-order valence-electron chi connectivity index (χ2n) is 2.13. The molecule has 4 heteroatoms. The Morgan fingerprint density at radius 2 is 2.27 bits per heavy atom. The molecule has 1 aromatic rings. The normalized spacial score (nSPS) is 9.64. The third-order valence-electron chi connectivity index (χ3n) is 1.13. The molecule has 1 rings (SSSR count). The van der Waals surface area contributed by atoms with Gasteiger partial charge in [-0.15, -0.1) is 0 Å². The molecular weight excluding hydrogens is 142 g/mol. The van der Waals surface area contributed by atoms with E-state index in [-0.39, 0.29) is 0 Å². The van der Waals surface area contributed by atoms with Crippen LogP contribution in [-0.4, -0.2) is 23.1 Å². The van der Waals surface area contributed by atoms with Crippen molar-refractivity contribution < 1.29 is 4.74 Å². The molecule has 0 bridgehead atoms. The summed E-state index contributed by atoms with van der Waals surface area (Å²) in [5.74, 6) is 0.529. The summed E-state index contributed by atoms with van der Waals surface area (Å²) in [5, 5.41) is 0. The predicted molar refractivity (Wildman–Crippen MR) is 41.3 cm³/mol. The molecule has 1 aromatic heterocycles. The first-order chi connectivity index (χ1) is 5.33. The summed E-state index contributed by atoms with van der Waals surface area (Å²) in [7, 11) is 0. The van der Waals surface area contributed by atoms with Crippen molar-refractivity contribution >= 4 is 0 Å². The molecule has 0 saturated heterocycles. The lowest BCUT2D eigenvalue weighted by molar-refractivity contribution is 0.314. The van der Waals surface area contributed by atoms with Gasteiger partial charge in [0.05, 0.1) is 18.1 Å². The summed E-state index contributed by atoms with van der Waals surface area (Å²) in [4.78, 5) is 7.98. The number of aromatic nitrogens is 2. The molecule has 0 aliphatic rings. The van der Waals surface area contributed by atoms with Gasteiger partial charge in [0.1, 0.15) is 6.61 Å². The standard InChI is InChI=1S/C7H11N3O/c1-6-4-10-7(5-9-6)11-3-2-8/h4-5H,2-3,8H2,1H3. The van der Waals surface area contributed by atoms with Gasteiger partial charge in [0.25, 0.3) is 0 Å². The molecule has 11 heavy (non-hydrogen) atoms. The summed E-state index contributed by atoms with van der Waals surface area (Å²) >= 11 is 0. The van der Waals surface area contributed by atoms with Gasteiger partial charge in [-0.1, -0.05) is 0 Å². The average Bonchev–Trinajstić information content (AvgIpc) is 2.04. The van der Waals surface area contributed by atoms with Crippen molar-refractivity contribution in [3.8, 4) is 5.88 Å². The second-order valence-corrected chi connectivity index (χ2v) is 2.13. The lowest BCUT2D eigenvalue weighted by Gasteiger charge is -2.01. The zero-order valence-electron chi connectivity index (χ0n) is 6.45. The lowest BCUT2D eigenvalue weighted by atomic mass is 10.5. The van der Waals surface area contributed by atoms with Crippen LogP contribution in [0.25, 0.3) is 0 Å². The van der Waals surface area contributed by atoms with E-state index in [1.165, 1.54) is 0 Å². The fraction of sp³-hybridized carbons (Fsp3) is 0.429. The molecule has 0 saturated carbocycles. The van der Waals surface area contributed by atoms with Crippen LogP contribution in [0.1, 0.15) is 5.69 Å². The van der Waals surface area contributed by atoms with Crippen molar-refractivity contribution in [3.63, 3.8) is 0 Å². The van der Waals surface area contributed by atoms with Gasteiger partial charge in [-0.2, -0.15) is 0 Å². The van der Waals surface area contributed by atoms with E-state index >= 15 is 0 Å². The van der Waals surface area contributed by atoms with Crippen LogP contribution < -0.4 is 10.5 Å². The van der Waals surface area contributed by atoms with Crippen LogP contribution in [0.2, 0.25) is 0 Å². The molecule has 0 fully saturated rings. The molecule has 2 N–H and O–H groups in total. The number of nitrogens with zero attached hydrogens (tertiary/aromatic N) is 2. The van der Waals surface area contributed by atoms with Crippen molar-refractivity contribution in [1.29, 1.82) is 0 Å². The third kappa shape index (κ3) is 2.51. The van der Waals surface area contributed by atoms with E-state index in [4.69, 9.17) is 10.5 Å². The average molecular weight is 153 g/mol. The molecule has 0 atom stereocenters. The van der Waals surface area contributed by atoms with E-state index in [0.29, 0.717) is 19.0 Å². The van der Waals surface area contributed by atoms with Crippen LogP contribution in [0.4, 0.5) is 0 Å². The highest BCUT2D eigenvalue weighted by molar-refractivity contribution is 5.05. The highest BCUT2D eigenvalue weighted by Crippen LogP contribution is 2.01. The number of aryl methyl sites for hydroxylation is 1. The first kappa shape index (κ1) is 7.94. The van der Waals surface area contributed by atoms with Crippen LogP contribution in [-0.2, 0) is 0 Å². The lowest BCUT2D eigenvalue weighted by Crippen LogP contribution is -2.11. The van der Waals surface area contributed by atoms with Crippen LogP contribution in [0.3, 0.4) is 0 Å². The molecule has 0 unspecified atom stereocenters. The van der Waals surface area contributed by atoms with E-state index in [2.05, 4.69) is 9.97 Å². The van der Waals surface area contributed by atoms with Gasteiger partial charge in [-0.05, 0) is 6.92 Å². The molecule has 0 spiro atoms. The highest BCUT2D eigenvalue weighted by Gasteiger charge is 1.92. The van der Waals surface area contributed by atoms with Crippen LogP contribution >= 0.6 is 0 Å². The molecular formula is C7H11N3O. The maximum Gasteiger partial charge on any atom is 0.232 e. The Morgan fingerprint density at radius 1 is 1.45 bits per heavy atom. The summed E-state index contributed by atoms with van der Waals surface area (Å²) < 4.78 is 5.11. The minimum absolute atomic E-state index is 0.484. The summed E-state index contributed by atoms with van der Waals surface area (Å²) in [5.41, 5.74) is 6.11. The van der Waals surface area contributed by atoms with Gasteiger partial charge in [0, 0.05) is 6.54 Å². The Labute approximate surface area is 65.4 Å². The van der Waals surface area contributed by atoms with Gasteiger partial charge < -0.3 is 10.5 Å². The van der Waals surface area contributed by atoms with E-state index in [1.807, 2.05) is 6.92 Å². The molecule has 0 aliphatic carbocycles. The number of hydrogen-bond acceptors (Lipinski definition) is 4. The molecule has 0 aliphatic heterocycles. The van der Waals surface area contributed by atoms with Crippen molar-refractivity contribution in [3.05, 3.63) is 18.1 Å². The van der Waals surface area contributed by atoms with E-state index in [1.54, 1.807) is 12.4 Å². The molecule has 60 valence electrons. The number of ether oxygens (including phenoxy) is 1. The first-order valence-corrected chi connectivity index (χ1v) is 3.44. The minimum atomic E-state index is 0.484. The van der Waals surface area contributed by atoms with Gasteiger partial charge in [0.2, 0.25) is 5.88 Å². The van der Waals surface area contributed by atoms with E-state index < -0.39 is 0 Å². The Balaban J connectivity index is 2.52. The highest BCUT2D eigenvalue weighted by atomic mass is 16.5. The van der Waals surface area contributed by atoms with E-state index in [9.17, 15) is 0 Å². The van der Waals surface area contributed by atoms with Gasteiger partial charge >= 0.3 is 0 Å². The van der Waals surface area contributed by atoms with Crippen LogP contribution in [0, 0.1) is 6.92 Å². The quantitative estimate of drug-likeness (QED) is 0.670. The van der Waals surface area contributed by atoms with Crippen LogP contribution in [0.15, 0.2) is 12.4 Å². The minimum Gasteiger partial charge on any atom is -0.475 e. The number of nitrogens with two attached hydrogens (primary N) is 1. The summed E-state index contributed by atoms with van der Waals surface area (Å²) in [6.07, 6.45) is 3.25. The molecule has 0 radical (unpaired) electrons.